The third kappa shape index (κ3) is 6.56. The molecular formula is C39H51N5O5. The number of nitrogens with one attached hydrogen (secondary N) is 1. The van der Waals surface area contributed by atoms with Crippen molar-refractivity contribution in [3.63, 3.8) is 0 Å². The molecule has 1 unspecified atom stereocenters. The van der Waals surface area contributed by atoms with Gasteiger partial charge in [-0.3, -0.25) is 14.5 Å². The largest absolute Gasteiger partial charge is 0.496 e. The van der Waals surface area contributed by atoms with Crippen molar-refractivity contribution >= 4 is 12.0 Å². The minimum Gasteiger partial charge on any atom is -0.496 e. The molecular weight excluding hydrogens is 618 g/mol. The maximum absolute atomic E-state index is 14.1. The number of carbonyl (C=O) groups excluding carboxylic acids is 2. The van der Waals surface area contributed by atoms with Crippen LogP contribution < -0.4 is 10.1 Å². The van der Waals surface area contributed by atoms with Gasteiger partial charge in [-0.05, 0) is 131 Å². The number of aliphatic hydroxyl groups excluding tert-OH is 1. The van der Waals surface area contributed by atoms with Gasteiger partial charge in [0.05, 0.1) is 43.7 Å². The lowest BCUT2D eigenvalue weighted by atomic mass is 9.49. The summed E-state index contributed by atoms with van der Waals surface area (Å²) >= 11 is 0. The molecule has 0 spiro atoms. The van der Waals surface area contributed by atoms with Crippen molar-refractivity contribution in [3.05, 3.63) is 65.6 Å². The summed E-state index contributed by atoms with van der Waals surface area (Å²) < 4.78 is 13.2. The molecule has 4 saturated carbocycles. The number of hydrogen-bond acceptors (Lipinski definition) is 7. The number of methoxy groups -OCH3 is 1. The van der Waals surface area contributed by atoms with Gasteiger partial charge in [-0.15, -0.1) is 0 Å². The Kier molecular flexibility index (Phi) is 9.19. The van der Waals surface area contributed by atoms with Crippen molar-refractivity contribution in [1.29, 1.82) is 0 Å². The monoisotopic (exact) mass is 669 g/mol. The number of likely N-dealkylation sites (tertiary alicyclic amines) is 1. The molecule has 49 heavy (non-hydrogen) atoms. The van der Waals surface area contributed by atoms with Crippen molar-refractivity contribution in [2.75, 3.05) is 20.2 Å². The molecule has 5 aliphatic rings. The van der Waals surface area contributed by atoms with Gasteiger partial charge in [0.25, 0.3) is 0 Å². The van der Waals surface area contributed by atoms with Crippen LogP contribution in [0.3, 0.4) is 0 Å². The van der Waals surface area contributed by atoms with Gasteiger partial charge in [0.15, 0.2) is 0 Å². The Balaban J connectivity index is 1.10. The number of aliphatic hydroxyl groups is 1. The summed E-state index contributed by atoms with van der Waals surface area (Å²) in [6, 6.07) is 12.9. The second-order valence-electron chi connectivity index (χ2n) is 15.4. The van der Waals surface area contributed by atoms with E-state index in [4.69, 9.17) is 19.6 Å². The molecule has 4 aliphatic carbocycles. The first kappa shape index (κ1) is 33.6. The van der Waals surface area contributed by atoms with E-state index in [1.807, 2.05) is 29.2 Å². The van der Waals surface area contributed by atoms with Crippen molar-refractivity contribution in [3.8, 4) is 17.0 Å². The molecule has 8 rings (SSSR count). The zero-order chi connectivity index (χ0) is 34.3. The van der Waals surface area contributed by atoms with E-state index in [1.54, 1.807) is 7.11 Å². The van der Waals surface area contributed by atoms with Crippen LogP contribution in [0, 0.1) is 18.3 Å². The topological polar surface area (TPSA) is 119 Å². The van der Waals surface area contributed by atoms with Crippen LogP contribution in [0.2, 0.25) is 0 Å². The molecule has 1 aromatic carbocycles. The van der Waals surface area contributed by atoms with E-state index >= 15 is 0 Å². The number of aryl methyl sites for hydroxylation is 1. The fourth-order valence-electron chi connectivity index (χ4n) is 8.90. The van der Waals surface area contributed by atoms with Gasteiger partial charge in [-0.2, -0.15) is 5.10 Å². The average Bonchev–Trinajstić information content (AvgIpc) is 3.61. The van der Waals surface area contributed by atoms with Crippen molar-refractivity contribution in [2.24, 2.45) is 11.3 Å². The third-order valence-electron chi connectivity index (χ3n) is 12.2. The summed E-state index contributed by atoms with van der Waals surface area (Å²) in [6.45, 7) is 7.02. The SMILES string of the molecule is COc1ccc(C23CCC(C(NC(=O)C4CCC(OC(=O)N5CC(O)C5)CC4)c4cc(-c5ccn(C(C)C)n5)ccn4)(CC2)CC3)cc1C. The van der Waals surface area contributed by atoms with Gasteiger partial charge in [0.1, 0.15) is 11.9 Å². The first-order valence-electron chi connectivity index (χ1n) is 18.2. The summed E-state index contributed by atoms with van der Waals surface area (Å²) in [4.78, 5) is 33.0. The molecule has 10 heteroatoms. The van der Waals surface area contributed by atoms with Crippen molar-refractivity contribution < 1.29 is 24.2 Å². The average molecular weight is 670 g/mol. The summed E-state index contributed by atoms with van der Waals surface area (Å²) in [7, 11) is 1.73. The van der Waals surface area contributed by atoms with Gasteiger partial charge in [0.2, 0.25) is 5.91 Å². The van der Waals surface area contributed by atoms with Gasteiger partial charge in [-0.25, -0.2) is 4.79 Å². The lowest BCUT2D eigenvalue weighted by Gasteiger charge is -2.56. The number of aromatic nitrogens is 3. The fraction of sp³-hybridized carbons (Fsp3) is 0.590. The predicted molar refractivity (Wildman–Crippen MR) is 186 cm³/mol. The van der Waals surface area contributed by atoms with E-state index in [2.05, 4.69) is 50.4 Å². The molecule has 10 nitrogen and oxygen atoms in total. The lowest BCUT2D eigenvalue weighted by Crippen LogP contribution is -2.54. The van der Waals surface area contributed by atoms with Crippen molar-refractivity contribution in [2.45, 2.75) is 115 Å². The molecule has 1 saturated heterocycles. The van der Waals surface area contributed by atoms with Gasteiger partial charge < -0.3 is 24.8 Å². The number of hydrogen-bond donors (Lipinski definition) is 2. The molecule has 262 valence electrons. The molecule has 1 aliphatic heterocycles. The van der Waals surface area contributed by atoms with E-state index in [-0.39, 0.29) is 46.9 Å². The van der Waals surface area contributed by atoms with Crippen LogP contribution in [0.15, 0.2) is 48.8 Å². The highest BCUT2D eigenvalue weighted by molar-refractivity contribution is 5.79. The molecule has 2 bridgehead atoms. The Morgan fingerprint density at radius 2 is 1.69 bits per heavy atom. The van der Waals surface area contributed by atoms with Crippen LogP contribution in [-0.2, 0) is 14.9 Å². The number of benzene rings is 1. The highest BCUT2D eigenvalue weighted by atomic mass is 16.6. The molecule has 0 radical (unpaired) electrons. The number of fused-ring (bicyclic) bond motifs is 3. The maximum Gasteiger partial charge on any atom is 0.410 e. The predicted octanol–water partition coefficient (Wildman–Crippen LogP) is 6.66. The molecule has 2 N–H and O–H groups in total. The van der Waals surface area contributed by atoms with E-state index < -0.39 is 6.10 Å². The lowest BCUT2D eigenvalue weighted by molar-refractivity contribution is -0.129. The number of amides is 2. The Hall–Kier alpha value is -3.92. The smallest absolute Gasteiger partial charge is 0.410 e. The molecule has 1 atom stereocenters. The normalized spacial score (nSPS) is 27.4. The maximum atomic E-state index is 14.1. The highest BCUT2D eigenvalue weighted by Crippen LogP contribution is 2.62. The van der Waals surface area contributed by atoms with E-state index in [9.17, 15) is 14.7 Å². The van der Waals surface area contributed by atoms with Crippen LogP contribution in [0.25, 0.3) is 11.3 Å². The summed E-state index contributed by atoms with van der Waals surface area (Å²) in [5.74, 6) is 0.855. The van der Waals surface area contributed by atoms with Crippen molar-refractivity contribution in [1.82, 2.24) is 25.0 Å². The Bertz CT molecular complexity index is 1650. The molecule has 3 heterocycles. The Morgan fingerprint density at radius 3 is 2.31 bits per heavy atom. The molecule has 2 amide bonds. The first-order chi connectivity index (χ1) is 23.6. The van der Waals surface area contributed by atoms with E-state index in [1.165, 1.54) is 16.0 Å². The molecule has 2 aromatic heterocycles. The first-order valence-corrected chi connectivity index (χ1v) is 18.2. The van der Waals surface area contributed by atoms with Gasteiger partial charge in [0, 0.05) is 29.9 Å². The fourth-order valence-corrected chi connectivity index (χ4v) is 8.90. The number of rotatable bonds is 9. The summed E-state index contributed by atoms with van der Waals surface area (Å²) in [5.41, 5.74) is 5.45. The number of pyridine rings is 1. The zero-order valence-electron chi connectivity index (χ0n) is 29.4. The number of carbonyl (C=O) groups is 2. The van der Waals surface area contributed by atoms with Crippen LogP contribution in [0.1, 0.15) is 107 Å². The van der Waals surface area contributed by atoms with Crippen LogP contribution in [0.5, 0.6) is 5.75 Å². The van der Waals surface area contributed by atoms with Crippen LogP contribution in [0.4, 0.5) is 4.79 Å². The molecule has 5 fully saturated rings. The minimum atomic E-state index is -0.455. The number of β-amino-alcohol motifs (C(OH)–C–C–N with tert-alkyl or cyclic N) is 1. The standard InChI is InChI=1S/C39H51N5O5/c1-25(2)44-20-12-32(42-44)28-11-19-40-33(22-28)35(41-36(46)27-5-8-31(9-6-27)49-37(47)43-23-30(45)24-43)39-16-13-38(14-17-39,15-18-39)29-7-10-34(48-4)26(3)21-29/h7,10-12,19-22,25,27,30-31,35,45H,5-6,8-9,13-18,23-24H2,1-4H3,(H,41,46). The van der Waals surface area contributed by atoms with Gasteiger partial charge >= 0.3 is 6.09 Å². The third-order valence-corrected chi connectivity index (χ3v) is 12.2. The highest BCUT2D eigenvalue weighted by Gasteiger charge is 2.54. The van der Waals surface area contributed by atoms with Crippen LogP contribution in [-0.4, -0.2) is 69.2 Å². The number of ether oxygens (including phenoxy) is 2. The van der Waals surface area contributed by atoms with E-state index in [0.717, 1.165) is 61.2 Å². The second-order valence-corrected chi connectivity index (χ2v) is 15.4. The Morgan fingerprint density at radius 1 is 0.980 bits per heavy atom. The number of nitrogens with zero attached hydrogens (tertiary/aromatic N) is 4. The second kappa shape index (κ2) is 13.4. The van der Waals surface area contributed by atoms with Gasteiger partial charge in [-0.1, -0.05) is 12.1 Å². The molecule has 3 aromatic rings. The summed E-state index contributed by atoms with van der Waals surface area (Å²) in [6.07, 6.45) is 11.8. The van der Waals surface area contributed by atoms with Crippen LogP contribution >= 0.6 is 0 Å². The van der Waals surface area contributed by atoms with E-state index in [0.29, 0.717) is 38.8 Å². The quantitative estimate of drug-likeness (QED) is 0.262. The summed E-state index contributed by atoms with van der Waals surface area (Å²) in [5, 5.41) is 17.9. The zero-order valence-corrected chi connectivity index (χ0v) is 29.4. The Labute approximate surface area is 289 Å². The minimum absolute atomic E-state index is 0.0690.